The molecule has 19 heavy (non-hydrogen) atoms. The molecule has 0 saturated heterocycles. The third kappa shape index (κ3) is 2.70. The predicted octanol–water partition coefficient (Wildman–Crippen LogP) is 2.07. The SMILES string of the molecule is COc1cccc(OS(=O)(=O)c2c(C)noc2C)c1. The molecule has 1 aromatic carbocycles. The number of aromatic nitrogens is 1. The van der Waals surface area contributed by atoms with Gasteiger partial charge in [0.05, 0.1) is 7.11 Å². The fourth-order valence-corrected chi connectivity index (χ4v) is 2.88. The Balaban J connectivity index is 2.36. The van der Waals surface area contributed by atoms with E-state index < -0.39 is 10.1 Å². The van der Waals surface area contributed by atoms with Gasteiger partial charge in [0.1, 0.15) is 17.2 Å². The maximum Gasteiger partial charge on any atom is 0.344 e. The van der Waals surface area contributed by atoms with Crippen LogP contribution in [0, 0.1) is 13.8 Å². The predicted molar refractivity (Wildman–Crippen MR) is 66.8 cm³/mol. The lowest BCUT2D eigenvalue weighted by Gasteiger charge is -2.07. The van der Waals surface area contributed by atoms with Gasteiger partial charge in [-0.1, -0.05) is 11.2 Å². The second-order valence-electron chi connectivity index (χ2n) is 3.87. The van der Waals surface area contributed by atoms with E-state index in [0.29, 0.717) is 5.75 Å². The first-order valence-electron chi connectivity index (χ1n) is 5.45. The van der Waals surface area contributed by atoms with E-state index in [2.05, 4.69) is 5.16 Å². The van der Waals surface area contributed by atoms with E-state index in [1.165, 1.54) is 26.2 Å². The number of ether oxygens (including phenoxy) is 1. The van der Waals surface area contributed by atoms with Gasteiger partial charge in [-0.15, -0.1) is 0 Å². The molecule has 0 aliphatic heterocycles. The minimum Gasteiger partial charge on any atom is -0.497 e. The molecule has 0 spiro atoms. The Morgan fingerprint density at radius 2 is 1.89 bits per heavy atom. The largest absolute Gasteiger partial charge is 0.497 e. The van der Waals surface area contributed by atoms with Crippen LogP contribution >= 0.6 is 0 Å². The molecule has 1 aromatic heterocycles. The van der Waals surface area contributed by atoms with Crippen LogP contribution in [0.2, 0.25) is 0 Å². The molecule has 0 aliphatic rings. The number of benzene rings is 1. The van der Waals surface area contributed by atoms with Crippen molar-refractivity contribution in [3.8, 4) is 11.5 Å². The van der Waals surface area contributed by atoms with Crippen molar-refractivity contribution in [1.82, 2.24) is 5.16 Å². The van der Waals surface area contributed by atoms with E-state index >= 15 is 0 Å². The molecule has 0 aliphatic carbocycles. The summed E-state index contributed by atoms with van der Waals surface area (Å²) in [7, 11) is -2.48. The summed E-state index contributed by atoms with van der Waals surface area (Å²) in [4.78, 5) is -0.0460. The Morgan fingerprint density at radius 1 is 1.21 bits per heavy atom. The van der Waals surface area contributed by atoms with Crippen LogP contribution in [-0.4, -0.2) is 20.7 Å². The highest BCUT2D eigenvalue weighted by atomic mass is 32.2. The van der Waals surface area contributed by atoms with Gasteiger partial charge in [0.15, 0.2) is 10.7 Å². The molecule has 0 fully saturated rings. The van der Waals surface area contributed by atoms with Gasteiger partial charge in [0.25, 0.3) is 0 Å². The monoisotopic (exact) mass is 283 g/mol. The Morgan fingerprint density at radius 3 is 2.47 bits per heavy atom. The summed E-state index contributed by atoms with van der Waals surface area (Å²) in [5, 5.41) is 3.60. The van der Waals surface area contributed by atoms with E-state index in [4.69, 9.17) is 13.4 Å². The third-order valence-corrected chi connectivity index (χ3v) is 3.96. The highest BCUT2D eigenvalue weighted by molar-refractivity contribution is 7.87. The lowest BCUT2D eigenvalue weighted by atomic mass is 10.3. The van der Waals surface area contributed by atoms with Crippen molar-refractivity contribution in [3.63, 3.8) is 0 Å². The number of methoxy groups -OCH3 is 1. The smallest absolute Gasteiger partial charge is 0.344 e. The van der Waals surface area contributed by atoms with Crippen molar-refractivity contribution in [2.45, 2.75) is 18.7 Å². The normalized spacial score (nSPS) is 11.3. The van der Waals surface area contributed by atoms with Crippen LogP contribution in [0.15, 0.2) is 33.7 Å². The van der Waals surface area contributed by atoms with Gasteiger partial charge in [-0.05, 0) is 26.0 Å². The van der Waals surface area contributed by atoms with E-state index in [-0.39, 0.29) is 22.1 Å². The molecule has 0 atom stereocenters. The first kappa shape index (κ1) is 13.4. The molecule has 2 rings (SSSR count). The van der Waals surface area contributed by atoms with Crippen molar-refractivity contribution < 1.29 is 21.9 Å². The quantitative estimate of drug-likeness (QED) is 0.799. The second-order valence-corrected chi connectivity index (χ2v) is 5.35. The van der Waals surface area contributed by atoms with Crippen LogP contribution in [0.4, 0.5) is 0 Å². The highest BCUT2D eigenvalue weighted by Crippen LogP contribution is 2.26. The lowest BCUT2D eigenvalue weighted by molar-refractivity contribution is 0.389. The zero-order valence-electron chi connectivity index (χ0n) is 10.7. The third-order valence-electron chi connectivity index (χ3n) is 2.47. The molecular formula is C12H13NO5S. The van der Waals surface area contributed by atoms with Gasteiger partial charge in [-0.25, -0.2) is 0 Å². The first-order chi connectivity index (χ1) is 8.94. The second kappa shape index (κ2) is 4.93. The summed E-state index contributed by atoms with van der Waals surface area (Å²) < 4.78 is 39.2. The zero-order valence-corrected chi connectivity index (χ0v) is 11.5. The number of rotatable bonds is 4. The number of hydrogen-bond donors (Lipinski definition) is 0. The molecule has 6 nitrogen and oxygen atoms in total. The average molecular weight is 283 g/mol. The summed E-state index contributed by atoms with van der Waals surface area (Å²) in [6, 6.07) is 6.33. The van der Waals surface area contributed by atoms with Crippen LogP contribution < -0.4 is 8.92 Å². The molecule has 7 heteroatoms. The van der Waals surface area contributed by atoms with Gasteiger partial charge in [0.2, 0.25) is 0 Å². The van der Waals surface area contributed by atoms with Gasteiger partial charge in [-0.2, -0.15) is 8.42 Å². The number of hydrogen-bond acceptors (Lipinski definition) is 6. The van der Waals surface area contributed by atoms with E-state index in [1.54, 1.807) is 19.1 Å². The van der Waals surface area contributed by atoms with Crippen molar-refractivity contribution in [1.29, 1.82) is 0 Å². The van der Waals surface area contributed by atoms with Crippen LogP contribution in [0.3, 0.4) is 0 Å². The summed E-state index contributed by atoms with van der Waals surface area (Å²) in [5.41, 5.74) is 0.264. The zero-order chi connectivity index (χ0) is 14.0. The van der Waals surface area contributed by atoms with Crippen LogP contribution in [-0.2, 0) is 10.1 Å². The molecule has 102 valence electrons. The number of aryl methyl sites for hydroxylation is 2. The van der Waals surface area contributed by atoms with Crippen LogP contribution in [0.25, 0.3) is 0 Å². The highest BCUT2D eigenvalue weighted by Gasteiger charge is 2.26. The topological polar surface area (TPSA) is 78.6 Å². The van der Waals surface area contributed by atoms with Gasteiger partial charge >= 0.3 is 10.1 Å². The molecular weight excluding hydrogens is 270 g/mol. The van der Waals surface area contributed by atoms with Crippen molar-refractivity contribution in [2.75, 3.05) is 7.11 Å². The minimum absolute atomic E-state index is 0.0460. The summed E-state index contributed by atoms with van der Waals surface area (Å²) in [5.74, 6) is 0.867. The van der Waals surface area contributed by atoms with E-state index in [0.717, 1.165) is 0 Å². The van der Waals surface area contributed by atoms with Gasteiger partial charge in [-0.3, -0.25) is 0 Å². The molecule has 2 aromatic rings. The van der Waals surface area contributed by atoms with Crippen LogP contribution in [0.1, 0.15) is 11.5 Å². The minimum atomic E-state index is -3.97. The fourth-order valence-electron chi connectivity index (χ4n) is 1.65. The van der Waals surface area contributed by atoms with Crippen LogP contribution in [0.5, 0.6) is 11.5 Å². The lowest BCUT2D eigenvalue weighted by Crippen LogP contribution is -2.11. The van der Waals surface area contributed by atoms with E-state index in [9.17, 15) is 8.42 Å². The summed E-state index contributed by atoms with van der Waals surface area (Å²) in [6.45, 7) is 3.06. The van der Waals surface area contributed by atoms with Gasteiger partial charge in [0, 0.05) is 6.07 Å². The van der Waals surface area contributed by atoms with E-state index in [1.807, 2.05) is 0 Å². The van der Waals surface area contributed by atoms with Crippen molar-refractivity contribution in [2.24, 2.45) is 0 Å². The first-order valence-corrected chi connectivity index (χ1v) is 6.86. The molecule has 1 heterocycles. The molecule has 0 unspecified atom stereocenters. The Labute approximate surface area is 111 Å². The Hall–Kier alpha value is -2.02. The standard InChI is InChI=1S/C12H13NO5S/c1-8-12(9(2)17-13-8)19(14,15)18-11-6-4-5-10(7-11)16-3/h4-7H,1-3H3. The summed E-state index contributed by atoms with van der Waals surface area (Å²) >= 11 is 0. The van der Waals surface area contributed by atoms with Crippen molar-refractivity contribution in [3.05, 3.63) is 35.7 Å². The molecule has 0 saturated carbocycles. The molecule has 0 bridgehead atoms. The summed E-state index contributed by atoms with van der Waals surface area (Å²) in [6.07, 6.45) is 0. The maximum absolute atomic E-state index is 12.1. The number of nitrogens with zero attached hydrogens (tertiary/aromatic N) is 1. The van der Waals surface area contributed by atoms with Gasteiger partial charge < -0.3 is 13.4 Å². The van der Waals surface area contributed by atoms with Crippen molar-refractivity contribution >= 4 is 10.1 Å². The molecule has 0 radical (unpaired) electrons. The Bertz CT molecular complexity index is 670. The Kier molecular flexibility index (Phi) is 3.48. The molecule has 0 amide bonds. The maximum atomic E-state index is 12.1. The molecule has 0 N–H and O–H groups in total. The average Bonchev–Trinajstić information content (AvgIpc) is 2.69. The fraction of sp³-hybridized carbons (Fsp3) is 0.250.